The Hall–Kier alpha value is -2.70. The number of hydrogen-bond donors (Lipinski definition) is 0. The van der Waals surface area contributed by atoms with Gasteiger partial charge in [0.25, 0.3) is 5.69 Å². The normalized spacial score (nSPS) is 11.1. The molecule has 0 aliphatic carbocycles. The molecule has 0 atom stereocenters. The maximum absolute atomic E-state index is 11.2. The third-order valence-electron chi connectivity index (χ3n) is 2.66. The van der Waals surface area contributed by atoms with E-state index in [-0.39, 0.29) is 5.69 Å². The molecule has 0 saturated heterocycles. The SMILES string of the molecule is CCOC(=O)/C=C/Cn1ncc2ccc([N+](=O)[O-])cc21. The Kier molecular flexibility index (Phi) is 4.09. The van der Waals surface area contributed by atoms with E-state index in [1.54, 1.807) is 29.9 Å². The molecule has 7 heteroatoms. The number of rotatable bonds is 5. The van der Waals surface area contributed by atoms with Crippen LogP contribution >= 0.6 is 0 Å². The van der Waals surface area contributed by atoms with Gasteiger partial charge in [-0.1, -0.05) is 6.08 Å². The molecule has 0 aliphatic rings. The minimum absolute atomic E-state index is 0.00798. The molecule has 7 nitrogen and oxygen atoms in total. The van der Waals surface area contributed by atoms with Crippen molar-refractivity contribution >= 4 is 22.6 Å². The van der Waals surface area contributed by atoms with Gasteiger partial charge in [0.05, 0.1) is 29.8 Å². The first-order valence-corrected chi connectivity index (χ1v) is 6.05. The van der Waals surface area contributed by atoms with Gasteiger partial charge in [0.15, 0.2) is 0 Å². The predicted octanol–water partition coefficient (Wildman–Crippen LogP) is 2.06. The largest absolute Gasteiger partial charge is 0.463 e. The molecule has 0 amide bonds. The van der Waals surface area contributed by atoms with Crippen molar-refractivity contribution in [1.29, 1.82) is 0 Å². The molecule has 1 aromatic heterocycles. The fourth-order valence-corrected chi connectivity index (χ4v) is 1.76. The highest BCUT2D eigenvalue weighted by Gasteiger charge is 2.09. The van der Waals surface area contributed by atoms with Crippen LogP contribution in [-0.4, -0.2) is 27.3 Å². The molecule has 0 saturated carbocycles. The van der Waals surface area contributed by atoms with E-state index in [0.29, 0.717) is 18.7 Å². The van der Waals surface area contributed by atoms with E-state index in [0.717, 1.165) is 5.39 Å². The maximum atomic E-state index is 11.2. The second-order valence-electron chi connectivity index (χ2n) is 3.98. The molecule has 0 radical (unpaired) electrons. The highest BCUT2D eigenvalue weighted by Crippen LogP contribution is 2.20. The number of fused-ring (bicyclic) bond motifs is 1. The van der Waals surface area contributed by atoms with Crippen LogP contribution in [0.2, 0.25) is 0 Å². The van der Waals surface area contributed by atoms with E-state index in [9.17, 15) is 14.9 Å². The molecule has 20 heavy (non-hydrogen) atoms. The van der Waals surface area contributed by atoms with Gasteiger partial charge in [0.2, 0.25) is 0 Å². The van der Waals surface area contributed by atoms with Crippen LogP contribution in [0, 0.1) is 10.1 Å². The molecule has 2 aromatic rings. The van der Waals surface area contributed by atoms with Gasteiger partial charge in [0.1, 0.15) is 0 Å². The predicted molar refractivity (Wildman–Crippen MR) is 72.2 cm³/mol. The van der Waals surface area contributed by atoms with E-state index >= 15 is 0 Å². The third kappa shape index (κ3) is 3.00. The van der Waals surface area contributed by atoms with Crippen LogP contribution in [0.15, 0.2) is 36.5 Å². The lowest BCUT2D eigenvalue weighted by molar-refractivity contribution is -0.384. The Morgan fingerprint density at radius 2 is 2.35 bits per heavy atom. The summed E-state index contributed by atoms with van der Waals surface area (Å²) in [4.78, 5) is 21.5. The van der Waals surface area contributed by atoms with Gasteiger partial charge >= 0.3 is 5.97 Å². The molecule has 104 valence electrons. The number of ether oxygens (including phenoxy) is 1. The summed E-state index contributed by atoms with van der Waals surface area (Å²) in [6.07, 6.45) is 4.54. The summed E-state index contributed by atoms with van der Waals surface area (Å²) >= 11 is 0. The summed E-state index contributed by atoms with van der Waals surface area (Å²) in [7, 11) is 0. The summed E-state index contributed by atoms with van der Waals surface area (Å²) in [5.74, 6) is -0.421. The van der Waals surface area contributed by atoms with E-state index in [1.807, 2.05) is 0 Å². The van der Waals surface area contributed by atoms with E-state index in [4.69, 9.17) is 4.74 Å². The number of esters is 1. The van der Waals surface area contributed by atoms with Crippen molar-refractivity contribution < 1.29 is 14.5 Å². The molecule has 1 heterocycles. The fourth-order valence-electron chi connectivity index (χ4n) is 1.76. The molecule has 0 spiro atoms. The van der Waals surface area contributed by atoms with Crippen LogP contribution in [0.3, 0.4) is 0 Å². The van der Waals surface area contributed by atoms with Crippen molar-refractivity contribution in [2.24, 2.45) is 0 Å². The standard InChI is InChI=1S/C13H13N3O4/c1-2-20-13(17)4-3-7-15-12-8-11(16(18)19)6-5-10(12)9-14-15/h3-6,8-9H,2,7H2,1H3/b4-3+. The molecule has 0 unspecified atom stereocenters. The average molecular weight is 275 g/mol. The number of carbonyl (C=O) groups excluding carboxylic acids is 1. The number of carbonyl (C=O) groups is 1. The molecule has 0 aliphatic heterocycles. The van der Waals surface area contributed by atoms with E-state index < -0.39 is 10.9 Å². The van der Waals surface area contributed by atoms with Crippen LogP contribution < -0.4 is 0 Å². The van der Waals surface area contributed by atoms with Crippen molar-refractivity contribution in [2.75, 3.05) is 6.61 Å². The van der Waals surface area contributed by atoms with Gasteiger partial charge in [-0.3, -0.25) is 14.8 Å². The first kappa shape index (κ1) is 13.7. The van der Waals surface area contributed by atoms with Crippen molar-refractivity contribution in [1.82, 2.24) is 9.78 Å². The first-order valence-electron chi connectivity index (χ1n) is 6.05. The number of aromatic nitrogens is 2. The Morgan fingerprint density at radius 1 is 1.55 bits per heavy atom. The Balaban J connectivity index is 2.20. The fraction of sp³-hybridized carbons (Fsp3) is 0.231. The van der Waals surface area contributed by atoms with E-state index in [1.165, 1.54) is 18.2 Å². The zero-order chi connectivity index (χ0) is 14.5. The topological polar surface area (TPSA) is 87.3 Å². The third-order valence-corrected chi connectivity index (χ3v) is 2.66. The second-order valence-corrected chi connectivity index (χ2v) is 3.98. The number of nitro benzene ring substituents is 1. The molecule has 0 fully saturated rings. The summed E-state index contributed by atoms with van der Waals surface area (Å²) in [6.45, 7) is 2.38. The number of hydrogen-bond acceptors (Lipinski definition) is 5. The van der Waals surface area contributed by atoms with Crippen LogP contribution in [0.1, 0.15) is 6.92 Å². The number of nitrogens with zero attached hydrogens (tertiary/aromatic N) is 3. The number of non-ortho nitro benzene ring substituents is 1. The number of nitro groups is 1. The van der Waals surface area contributed by atoms with Crippen LogP contribution in [0.4, 0.5) is 5.69 Å². The molecule has 0 bridgehead atoms. The highest BCUT2D eigenvalue weighted by atomic mass is 16.6. The maximum Gasteiger partial charge on any atom is 0.330 e. The van der Waals surface area contributed by atoms with Crippen molar-refractivity contribution in [3.8, 4) is 0 Å². The van der Waals surface area contributed by atoms with Gasteiger partial charge in [-0.15, -0.1) is 0 Å². The Morgan fingerprint density at radius 3 is 3.05 bits per heavy atom. The minimum atomic E-state index is -0.453. The highest BCUT2D eigenvalue weighted by molar-refractivity contribution is 5.82. The number of benzene rings is 1. The van der Waals surface area contributed by atoms with Crippen LogP contribution in [-0.2, 0) is 16.1 Å². The molecule has 1 aromatic carbocycles. The van der Waals surface area contributed by atoms with Crippen molar-refractivity contribution in [3.63, 3.8) is 0 Å². The van der Waals surface area contributed by atoms with Crippen LogP contribution in [0.25, 0.3) is 10.9 Å². The smallest absolute Gasteiger partial charge is 0.330 e. The molecular formula is C13H13N3O4. The van der Waals surface area contributed by atoms with E-state index in [2.05, 4.69) is 5.10 Å². The lowest BCUT2D eigenvalue weighted by atomic mass is 10.2. The number of allylic oxidation sites excluding steroid dienone is 1. The summed E-state index contributed by atoms with van der Waals surface area (Å²) in [6, 6.07) is 4.54. The van der Waals surface area contributed by atoms with Crippen molar-refractivity contribution in [3.05, 3.63) is 46.7 Å². The van der Waals surface area contributed by atoms with Gasteiger partial charge in [-0.25, -0.2) is 4.79 Å². The lowest BCUT2D eigenvalue weighted by Gasteiger charge is -1.99. The van der Waals surface area contributed by atoms with Crippen LogP contribution in [0.5, 0.6) is 0 Å². The quantitative estimate of drug-likeness (QED) is 0.361. The average Bonchev–Trinajstić information content (AvgIpc) is 2.81. The van der Waals surface area contributed by atoms with Gasteiger partial charge in [0, 0.05) is 23.6 Å². The summed E-state index contributed by atoms with van der Waals surface area (Å²) in [5.41, 5.74) is 0.654. The van der Waals surface area contributed by atoms with Gasteiger partial charge < -0.3 is 4.74 Å². The summed E-state index contributed by atoms with van der Waals surface area (Å²) < 4.78 is 6.34. The van der Waals surface area contributed by atoms with Gasteiger partial charge in [-0.2, -0.15) is 5.10 Å². The molecule has 2 rings (SSSR count). The molecular weight excluding hydrogens is 262 g/mol. The summed E-state index contributed by atoms with van der Waals surface area (Å²) in [5, 5.41) is 15.7. The second kappa shape index (κ2) is 5.96. The Labute approximate surface area is 114 Å². The monoisotopic (exact) mass is 275 g/mol. The van der Waals surface area contributed by atoms with Gasteiger partial charge in [-0.05, 0) is 13.0 Å². The lowest BCUT2D eigenvalue weighted by Crippen LogP contribution is -2.01. The zero-order valence-electron chi connectivity index (χ0n) is 10.9. The minimum Gasteiger partial charge on any atom is -0.463 e. The molecule has 0 N–H and O–H groups in total. The zero-order valence-corrected chi connectivity index (χ0v) is 10.9. The first-order chi connectivity index (χ1) is 9.61. The Bertz CT molecular complexity index is 675. The van der Waals surface area contributed by atoms with Crippen molar-refractivity contribution in [2.45, 2.75) is 13.5 Å².